The van der Waals surface area contributed by atoms with Crippen LogP contribution in [0.5, 0.6) is 5.75 Å². The van der Waals surface area contributed by atoms with Crippen molar-refractivity contribution in [3.63, 3.8) is 0 Å². The maximum absolute atomic E-state index is 13.5. The van der Waals surface area contributed by atoms with Crippen LogP contribution in [0.3, 0.4) is 0 Å². The second kappa shape index (κ2) is 11.7. The van der Waals surface area contributed by atoms with Crippen LogP contribution < -0.4 is 10.1 Å². The summed E-state index contributed by atoms with van der Waals surface area (Å²) < 4.78 is 62.2. The summed E-state index contributed by atoms with van der Waals surface area (Å²) in [5.74, 6) is -0.671. The van der Waals surface area contributed by atoms with Crippen molar-refractivity contribution in [2.45, 2.75) is 50.7 Å². The number of ether oxygens (including phenoxy) is 2. The zero-order valence-electron chi connectivity index (χ0n) is 20.7. The highest BCUT2D eigenvalue weighted by atomic mass is 32.2. The van der Waals surface area contributed by atoms with Crippen LogP contribution in [0.4, 0.5) is 18.0 Å². The smallest absolute Gasteiger partial charge is 0.422 e. The molecule has 0 radical (unpaired) electrons. The summed E-state index contributed by atoms with van der Waals surface area (Å²) in [4.78, 5) is 32.8. The first-order valence-corrected chi connectivity index (χ1v) is 12.7. The molecule has 9 nitrogen and oxygen atoms in total. The fourth-order valence-electron chi connectivity index (χ4n) is 3.56. The van der Waals surface area contributed by atoms with Gasteiger partial charge in [0.05, 0.1) is 39.8 Å². The van der Waals surface area contributed by atoms with E-state index in [1.54, 1.807) is 12.1 Å². The molecule has 0 aliphatic heterocycles. The maximum Gasteiger partial charge on any atom is 0.422 e. The molecule has 0 fully saturated rings. The van der Waals surface area contributed by atoms with Gasteiger partial charge in [-0.1, -0.05) is 26.0 Å². The van der Waals surface area contributed by atoms with E-state index in [0.29, 0.717) is 16.6 Å². The van der Waals surface area contributed by atoms with Crippen molar-refractivity contribution >= 4 is 33.8 Å². The third kappa shape index (κ3) is 7.06. The first kappa shape index (κ1) is 28.1. The lowest BCUT2D eigenvalue weighted by Crippen LogP contribution is -2.33. The molecule has 1 amide bonds. The van der Waals surface area contributed by atoms with Crippen molar-refractivity contribution in [3.05, 3.63) is 47.3 Å². The number of rotatable bonds is 9. The first-order chi connectivity index (χ1) is 17.4. The number of nitrogens with zero attached hydrogens (tertiary/aromatic N) is 3. The summed E-state index contributed by atoms with van der Waals surface area (Å²) in [5.41, 5.74) is 2.33. The molecule has 200 valence electrons. The number of para-hydroxylation sites is 1. The van der Waals surface area contributed by atoms with Gasteiger partial charge >= 0.3 is 18.2 Å². The SMILES string of the molecule is CC(=O)OCCNC(=O)n1c([S@](=O)Cc2nccc(OCC(F)(F)F)c2C)nc2c(C(C)C)cccc21. The Balaban J connectivity index is 1.96. The molecule has 0 aliphatic carbocycles. The molecule has 0 spiro atoms. The number of nitrogens with one attached hydrogen (secondary N) is 1. The lowest BCUT2D eigenvalue weighted by atomic mass is 10.0. The standard InChI is InChI=1S/C24H27F3N4O5S/c1-14(2)17-6-5-7-19-21(17)30-23(31(19)22(33)29-10-11-35-16(4)32)37(34)12-18-15(3)20(8-9-28-18)36-13-24(25,26)27/h5-9,14H,10-13H2,1-4H3,(H,29,33)/t37-/m1/s1. The summed E-state index contributed by atoms with van der Waals surface area (Å²) >= 11 is 0. The van der Waals surface area contributed by atoms with Gasteiger partial charge in [0.25, 0.3) is 0 Å². The number of fused-ring (bicyclic) bond motifs is 1. The molecule has 0 saturated heterocycles. The van der Waals surface area contributed by atoms with E-state index in [9.17, 15) is 27.0 Å². The number of esters is 1. The van der Waals surface area contributed by atoms with Crippen molar-refractivity contribution in [2.24, 2.45) is 0 Å². The molecule has 13 heteroatoms. The Bertz CT molecular complexity index is 1320. The van der Waals surface area contributed by atoms with Gasteiger partial charge in [-0.15, -0.1) is 0 Å². The van der Waals surface area contributed by atoms with E-state index >= 15 is 0 Å². The van der Waals surface area contributed by atoms with E-state index in [1.165, 1.54) is 30.7 Å². The van der Waals surface area contributed by atoms with E-state index in [1.807, 2.05) is 19.9 Å². The van der Waals surface area contributed by atoms with Gasteiger partial charge in [0, 0.05) is 18.7 Å². The molecule has 0 unspecified atom stereocenters. The Hall–Kier alpha value is -3.48. The number of imidazole rings is 1. The highest BCUT2D eigenvalue weighted by molar-refractivity contribution is 7.84. The Kier molecular flexibility index (Phi) is 8.89. The predicted molar refractivity (Wildman–Crippen MR) is 130 cm³/mol. The molecule has 0 aliphatic rings. The third-order valence-electron chi connectivity index (χ3n) is 5.32. The quantitative estimate of drug-likeness (QED) is 0.319. The number of amides is 1. The van der Waals surface area contributed by atoms with Gasteiger partial charge in [-0.05, 0) is 30.5 Å². The summed E-state index contributed by atoms with van der Waals surface area (Å²) in [6.45, 7) is 5.20. The molecule has 0 bridgehead atoms. The number of hydrogen-bond donors (Lipinski definition) is 1. The zero-order valence-corrected chi connectivity index (χ0v) is 21.5. The van der Waals surface area contributed by atoms with E-state index in [0.717, 1.165) is 5.56 Å². The van der Waals surface area contributed by atoms with Gasteiger partial charge in [0.15, 0.2) is 6.61 Å². The van der Waals surface area contributed by atoms with Crippen LogP contribution in [-0.2, 0) is 26.1 Å². The number of pyridine rings is 1. The average Bonchev–Trinajstić information content (AvgIpc) is 3.21. The lowest BCUT2D eigenvalue weighted by Gasteiger charge is -2.13. The molecule has 1 aromatic carbocycles. The molecule has 37 heavy (non-hydrogen) atoms. The highest BCUT2D eigenvalue weighted by Gasteiger charge is 2.29. The van der Waals surface area contributed by atoms with Crippen molar-refractivity contribution in [3.8, 4) is 5.75 Å². The second-order valence-corrected chi connectivity index (χ2v) is 9.79. The van der Waals surface area contributed by atoms with Gasteiger partial charge in [0.2, 0.25) is 5.16 Å². The molecule has 1 N–H and O–H groups in total. The normalized spacial score (nSPS) is 12.5. The predicted octanol–water partition coefficient (Wildman–Crippen LogP) is 4.23. The number of carbonyl (C=O) groups is 2. The molecule has 3 aromatic rings. The molecular formula is C24H27F3N4O5S. The summed E-state index contributed by atoms with van der Waals surface area (Å²) in [5, 5.41) is 2.58. The van der Waals surface area contributed by atoms with Gasteiger partial charge in [0.1, 0.15) is 12.4 Å². The zero-order chi connectivity index (χ0) is 27.3. The Labute approximate surface area is 213 Å². The third-order valence-corrected chi connectivity index (χ3v) is 6.53. The van der Waals surface area contributed by atoms with E-state index in [-0.39, 0.29) is 41.4 Å². The number of carbonyl (C=O) groups excluding carboxylic acids is 2. The Morgan fingerprint density at radius 1 is 1.22 bits per heavy atom. The minimum Gasteiger partial charge on any atom is -0.484 e. The summed E-state index contributed by atoms with van der Waals surface area (Å²) in [7, 11) is -1.91. The van der Waals surface area contributed by atoms with Gasteiger partial charge in [-0.2, -0.15) is 13.2 Å². The molecule has 0 saturated carbocycles. The molecule has 2 heterocycles. The molecule has 2 aromatic heterocycles. The van der Waals surface area contributed by atoms with Gasteiger partial charge in [-0.3, -0.25) is 14.0 Å². The lowest BCUT2D eigenvalue weighted by molar-refractivity contribution is -0.153. The highest BCUT2D eigenvalue weighted by Crippen LogP contribution is 2.29. The number of benzene rings is 1. The first-order valence-electron chi connectivity index (χ1n) is 11.3. The van der Waals surface area contributed by atoms with Crippen LogP contribution in [0.1, 0.15) is 43.5 Å². The van der Waals surface area contributed by atoms with Crippen molar-refractivity contribution in [1.82, 2.24) is 19.9 Å². The minimum absolute atomic E-state index is 0.0211. The van der Waals surface area contributed by atoms with Crippen LogP contribution >= 0.6 is 0 Å². The fourth-order valence-corrected chi connectivity index (χ4v) is 4.80. The van der Waals surface area contributed by atoms with E-state index in [2.05, 4.69) is 15.3 Å². The number of alkyl halides is 3. The Morgan fingerprint density at radius 3 is 2.59 bits per heavy atom. The number of halogens is 3. The monoisotopic (exact) mass is 540 g/mol. The maximum atomic E-state index is 13.5. The molecular weight excluding hydrogens is 513 g/mol. The van der Waals surface area contributed by atoms with Crippen molar-refractivity contribution in [1.29, 1.82) is 0 Å². The summed E-state index contributed by atoms with van der Waals surface area (Å²) in [6, 6.07) is 5.99. The van der Waals surface area contributed by atoms with Gasteiger partial charge < -0.3 is 14.8 Å². The van der Waals surface area contributed by atoms with Crippen molar-refractivity contribution in [2.75, 3.05) is 19.8 Å². The second-order valence-electron chi connectivity index (χ2n) is 8.45. The van der Waals surface area contributed by atoms with Crippen LogP contribution in [-0.4, -0.2) is 56.7 Å². The average molecular weight is 541 g/mol. The Morgan fingerprint density at radius 2 is 1.95 bits per heavy atom. The van der Waals surface area contributed by atoms with Crippen LogP contribution in [0.25, 0.3) is 11.0 Å². The van der Waals surface area contributed by atoms with Crippen LogP contribution in [0, 0.1) is 6.92 Å². The largest absolute Gasteiger partial charge is 0.484 e. The van der Waals surface area contributed by atoms with Crippen LogP contribution in [0.2, 0.25) is 0 Å². The topological polar surface area (TPSA) is 112 Å². The van der Waals surface area contributed by atoms with Gasteiger partial charge in [-0.25, -0.2) is 14.3 Å². The number of aromatic nitrogens is 3. The van der Waals surface area contributed by atoms with Crippen molar-refractivity contribution < 1.29 is 36.4 Å². The minimum atomic E-state index is -4.51. The van der Waals surface area contributed by atoms with E-state index in [4.69, 9.17) is 9.47 Å². The molecule has 1 atom stereocenters. The fraction of sp³-hybridized carbons (Fsp3) is 0.417. The van der Waals surface area contributed by atoms with E-state index < -0.39 is 35.6 Å². The summed E-state index contributed by atoms with van der Waals surface area (Å²) in [6.07, 6.45) is -3.24. The molecule has 3 rings (SSSR count). The number of hydrogen-bond acceptors (Lipinski definition) is 7. The van der Waals surface area contributed by atoms with Crippen LogP contribution in [0.15, 0.2) is 35.6 Å².